The van der Waals surface area contributed by atoms with Crippen molar-refractivity contribution in [1.82, 2.24) is 20.5 Å². The van der Waals surface area contributed by atoms with Gasteiger partial charge in [0.05, 0.1) is 10.9 Å². The maximum Gasteiger partial charge on any atom is 0.328 e. The normalized spacial score (nSPS) is 15.9. The molecule has 3 amide bonds. The van der Waals surface area contributed by atoms with E-state index in [-0.39, 0.29) is 22.7 Å². The van der Waals surface area contributed by atoms with Crippen LogP contribution in [0.5, 0.6) is 0 Å². The molecule has 3 N–H and O–H groups in total. The zero-order valence-corrected chi connectivity index (χ0v) is 17.8. The Morgan fingerprint density at radius 1 is 1.13 bits per heavy atom. The zero-order valence-electron chi connectivity index (χ0n) is 17.0. The molecule has 0 bridgehead atoms. The summed E-state index contributed by atoms with van der Waals surface area (Å²) < 4.78 is 31.9. The Morgan fingerprint density at radius 3 is 2.40 bits per heavy atom. The van der Waals surface area contributed by atoms with Gasteiger partial charge in [-0.05, 0) is 44.4 Å². The van der Waals surface area contributed by atoms with Gasteiger partial charge in [-0.3, -0.25) is 4.79 Å². The quantitative estimate of drug-likeness (QED) is 0.641. The minimum Gasteiger partial charge on any atom is -0.361 e. The van der Waals surface area contributed by atoms with Crippen LogP contribution in [-0.4, -0.2) is 31.6 Å². The summed E-state index contributed by atoms with van der Waals surface area (Å²) in [4.78, 5) is 24.2. The van der Waals surface area contributed by atoms with Crippen molar-refractivity contribution in [2.75, 3.05) is 0 Å². The van der Waals surface area contributed by atoms with Crippen LogP contribution in [-0.2, 0) is 10.0 Å². The third kappa shape index (κ3) is 5.59. The maximum absolute atomic E-state index is 12.5. The Kier molecular flexibility index (Phi) is 6.76. The van der Waals surface area contributed by atoms with Crippen LogP contribution in [0.15, 0.2) is 39.8 Å². The molecule has 1 unspecified atom stereocenters. The number of hydrogen-bond donors (Lipinski definition) is 3. The number of nitrogens with zero attached hydrogens (tertiary/aromatic N) is 1. The highest BCUT2D eigenvalue weighted by Crippen LogP contribution is 2.19. The van der Waals surface area contributed by atoms with Crippen molar-refractivity contribution < 1.29 is 22.5 Å². The maximum atomic E-state index is 12.5. The molecule has 2 aromatic rings. The number of urea groups is 1. The molecule has 0 radical (unpaired) electrons. The number of carbonyl (C=O) groups excluding carboxylic acids is 2. The molecule has 30 heavy (non-hydrogen) atoms. The van der Waals surface area contributed by atoms with E-state index in [1.54, 1.807) is 26.0 Å². The van der Waals surface area contributed by atoms with Gasteiger partial charge in [0.2, 0.25) is 0 Å². The number of rotatable bonds is 6. The van der Waals surface area contributed by atoms with Crippen molar-refractivity contribution in [3.8, 4) is 0 Å². The Morgan fingerprint density at radius 2 is 1.80 bits per heavy atom. The second-order valence-electron chi connectivity index (χ2n) is 7.50. The highest BCUT2D eigenvalue weighted by atomic mass is 32.2. The predicted octanol–water partition coefficient (Wildman–Crippen LogP) is 2.79. The molecule has 0 saturated heterocycles. The lowest BCUT2D eigenvalue weighted by molar-refractivity contribution is 0.0930. The van der Waals surface area contributed by atoms with E-state index in [4.69, 9.17) is 4.52 Å². The molecule has 0 spiro atoms. The first kappa shape index (κ1) is 21.8. The van der Waals surface area contributed by atoms with Crippen LogP contribution in [0, 0.1) is 6.92 Å². The molecule has 1 aliphatic rings. The summed E-state index contributed by atoms with van der Waals surface area (Å²) in [6.07, 6.45) is 4.93. The van der Waals surface area contributed by atoms with Crippen molar-refractivity contribution in [2.24, 2.45) is 0 Å². The first-order chi connectivity index (χ1) is 14.2. The lowest BCUT2D eigenvalue weighted by Gasteiger charge is -2.22. The molecule has 1 atom stereocenters. The van der Waals surface area contributed by atoms with Gasteiger partial charge in [0.1, 0.15) is 5.76 Å². The molecule has 1 aromatic heterocycles. The summed E-state index contributed by atoms with van der Waals surface area (Å²) in [6.45, 7) is 3.46. The van der Waals surface area contributed by atoms with E-state index in [1.807, 2.05) is 0 Å². The number of carbonyl (C=O) groups is 2. The van der Waals surface area contributed by atoms with Gasteiger partial charge in [-0.25, -0.2) is 17.9 Å². The van der Waals surface area contributed by atoms with Crippen LogP contribution in [0.25, 0.3) is 0 Å². The fourth-order valence-corrected chi connectivity index (χ4v) is 4.32. The molecule has 1 saturated carbocycles. The van der Waals surface area contributed by atoms with Crippen LogP contribution in [0.3, 0.4) is 0 Å². The smallest absolute Gasteiger partial charge is 0.328 e. The molecule has 9 nitrogen and oxygen atoms in total. The molecular weight excluding hydrogens is 408 g/mol. The summed E-state index contributed by atoms with van der Waals surface area (Å²) in [5.74, 6) is 0.138. The Hall–Kier alpha value is -2.88. The van der Waals surface area contributed by atoms with Crippen molar-refractivity contribution >= 4 is 22.0 Å². The zero-order chi connectivity index (χ0) is 21.7. The number of sulfonamides is 1. The largest absolute Gasteiger partial charge is 0.361 e. The monoisotopic (exact) mass is 434 g/mol. The van der Waals surface area contributed by atoms with Gasteiger partial charge in [0.15, 0.2) is 5.69 Å². The molecule has 1 heterocycles. The van der Waals surface area contributed by atoms with Gasteiger partial charge in [-0.15, -0.1) is 0 Å². The first-order valence-electron chi connectivity index (χ1n) is 9.92. The molecular formula is C20H26N4O5S. The van der Waals surface area contributed by atoms with Crippen LogP contribution in [0.4, 0.5) is 4.79 Å². The minimum absolute atomic E-state index is 0.00860. The van der Waals surface area contributed by atoms with Crippen molar-refractivity contribution in [1.29, 1.82) is 0 Å². The summed E-state index contributed by atoms with van der Waals surface area (Å²) in [6, 6.07) is 6.42. The summed E-state index contributed by atoms with van der Waals surface area (Å²) in [5.41, 5.74) is 0.876. The van der Waals surface area contributed by atoms with E-state index in [0.717, 1.165) is 32.1 Å². The van der Waals surface area contributed by atoms with Gasteiger partial charge >= 0.3 is 6.03 Å². The van der Waals surface area contributed by atoms with Crippen LogP contribution in [0.2, 0.25) is 0 Å². The van der Waals surface area contributed by atoms with Crippen molar-refractivity contribution in [3.63, 3.8) is 0 Å². The minimum atomic E-state index is -3.99. The summed E-state index contributed by atoms with van der Waals surface area (Å²) in [7, 11) is -3.99. The average molecular weight is 435 g/mol. The topological polar surface area (TPSA) is 130 Å². The molecule has 1 fully saturated rings. The molecule has 1 aliphatic carbocycles. The Bertz CT molecular complexity index is 994. The Balaban J connectivity index is 1.59. The highest BCUT2D eigenvalue weighted by molar-refractivity contribution is 7.90. The average Bonchev–Trinajstić information content (AvgIpc) is 3.15. The predicted molar refractivity (Wildman–Crippen MR) is 109 cm³/mol. The first-order valence-corrected chi connectivity index (χ1v) is 11.4. The number of amides is 3. The van der Waals surface area contributed by atoms with Gasteiger partial charge in [-0.1, -0.05) is 36.6 Å². The molecule has 3 rings (SSSR count). The Labute approximate surface area is 175 Å². The van der Waals surface area contributed by atoms with Crippen LogP contribution in [0.1, 0.15) is 66.9 Å². The van der Waals surface area contributed by atoms with E-state index in [9.17, 15) is 18.0 Å². The molecule has 0 aliphatic heterocycles. The van der Waals surface area contributed by atoms with Crippen LogP contribution < -0.4 is 15.4 Å². The van der Waals surface area contributed by atoms with E-state index in [0.29, 0.717) is 11.3 Å². The third-order valence-electron chi connectivity index (χ3n) is 5.07. The SMILES string of the molecule is Cc1cc(C(=O)NC(C)c2ccc(S(=O)(=O)NC(=O)NC3CCCCC3)cc2)no1. The number of benzene rings is 1. The number of aryl methyl sites for hydroxylation is 1. The van der Waals surface area contributed by atoms with Gasteiger partial charge in [0, 0.05) is 12.1 Å². The van der Waals surface area contributed by atoms with E-state index >= 15 is 0 Å². The van der Waals surface area contributed by atoms with E-state index < -0.39 is 22.0 Å². The summed E-state index contributed by atoms with van der Waals surface area (Å²) >= 11 is 0. The second kappa shape index (κ2) is 9.29. The van der Waals surface area contributed by atoms with E-state index in [2.05, 4.69) is 20.5 Å². The molecule has 1 aromatic carbocycles. The standard InChI is InChI=1S/C20H26N4O5S/c1-13-12-18(23-29-13)19(25)21-14(2)15-8-10-17(11-9-15)30(27,28)24-20(26)22-16-6-4-3-5-7-16/h8-12,14,16H,3-7H2,1-2H3,(H,21,25)(H2,22,24,26). The third-order valence-corrected chi connectivity index (χ3v) is 6.41. The lowest BCUT2D eigenvalue weighted by atomic mass is 9.96. The van der Waals surface area contributed by atoms with Gasteiger partial charge in [-0.2, -0.15) is 0 Å². The van der Waals surface area contributed by atoms with Crippen molar-refractivity contribution in [2.45, 2.75) is 62.9 Å². The van der Waals surface area contributed by atoms with Gasteiger partial charge in [0.25, 0.3) is 15.9 Å². The highest BCUT2D eigenvalue weighted by Gasteiger charge is 2.22. The van der Waals surface area contributed by atoms with Crippen molar-refractivity contribution in [3.05, 3.63) is 47.3 Å². The molecule has 162 valence electrons. The number of nitrogens with one attached hydrogen (secondary N) is 3. The van der Waals surface area contributed by atoms with Crippen LogP contribution >= 0.6 is 0 Å². The fourth-order valence-electron chi connectivity index (χ4n) is 3.41. The van der Waals surface area contributed by atoms with Gasteiger partial charge < -0.3 is 15.2 Å². The number of hydrogen-bond acceptors (Lipinski definition) is 6. The number of aromatic nitrogens is 1. The van der Waals surface area contributed by atoms with E-state index in [1.165, 1.54) is 18.2 Å². The lowest BCUT2D eigenvalue weighted by Crippen LogP contribution is -2.45. The molecule has 10 heteroatoms. The summed E-state index contributed by atoms with van der Waals surface area (Å²) in [5, 5.41) is 9.16. The second-order valence-corrected chi connectivity index (χ2v) is 9.18. The fraction of sp³-hybridized carbons (Fsp3) is 0.450.